The first-order valence-electron chi connectivity index (χ1n) is 6.09. The highest BCUT2D eigenvalue weighted by molar-refractivity contribution is 5.19. The lowest BCUT2D eigenvalue weighted by atomic mass is 10.3. The Balaban J connectivity index is 0.000000145. The van der Waals surface area contributed by atoms with E-state index in [1.54, 1.807) is 48.5 Å². The summed E-state index contributed by atoms with van der Waals surface area (Å²) in [5.41, 5.74) is 0. The molecule has 0 atom stereocenters. The summed E-state index contributed by atoms with van der Waals surface area (Å²) in [4.78, 5) is 0. The van der Waals surface area contributed by atoms with Crippen LogP contribution in [0.3, 0.4) is 0 Å². The van der Waals surface area contributed by atoms with Gasteiger partial charge in [-0.2, -0.15) is 0 Å². The van der Waals surface area contributed by atoms with Crippen LogP contribution in [0.1, 0.15) is 6.42 Å². The molecular weight excluding hydrogens is 236 g/mol. The van der Waals surface area contributed by atoms with Crippen LogP contribution in [0.4, 0.5) is 0 Å². The quantitative estimate of drug-likeness (QED) is 0.736. The number of allylic oxidation sites excluding steroid dienone is 4. The van der Waals surface area contributed by atoms with E-state index in [2.05, 4.69) is 24.3 Å². The highest BCUT2D eigenvalue weighted by Gasteiger charge is 1.75. The van der Waals surface area contributed by atoms with Gasteiger partial charge in [-0.25, -0.2) is 0 Å². The Hall–Kier alpha value is -2.48. The minimum atomic E-state index is 0.322. The van der Waals surface area contributed by atoms with Gasteiger partial charge < -0.3 is 10.2 Å². The van der Waals surface area contributed by atoms with E-state index in [1.165, 1.54) is 0 Å². The lowest BCUT2D eigenvalue weighted by Gasteiger charge is -1.82. The Bertz CT molecular complexity index is 440. The van der Waals surface area contributed by atoms with Crippen molar-refractivity contribution in [2.24, 2.45) is 0 Å². The van der Waals surface area contributed by atoms with Gasteiger partial charge in [-0.05, 0) is 30.7 Å². The molecule has 0 saturated carbocycles. The number of phenols is 2. The van der Waals surface area contributed by atoms with E-state index in [0.717, 1.165) is 6.42 Å². The van der Waals surface area contributed by atoms with Crippen LogP contribution in [0.25, 0.3) is 0 Å². The van der Waals surface area contributed by atoms with Gasteiger partial charge in [0.15, 0.2) is 0 Å². The minimum Gasteiger partial charge on any atom is -0.508 e. The molecule has 2 aromatic rings. The molecule has 0 saturated heterocycles. The fourth-order valence-electron chi connectivity index (χ4n) is 1.25. The summed E-state index contributed by atoms with van der Waals surface area (Å²) in [6.07, 6.45) is 9.50. The van der Waals surface area contributed by atoms with E-state index >= 15 is 0 Å². The summed E-state index contributed by atoms with van der Waals surface area (Å²) < 4.78 is 0. The molecule has 0 amide bonds. The van der Waals surface area contributed by atoms with E-state index in [9.17, 15) is 0 Å². The third-order valence-electron chi connectivity index (χ3n) is 2.17. The van der Waals surface area contributed by atoms with Crippen molar-refractivity contribution in [3.05, 3.63) is 85.0 Å². The molecule has 0 bridgehead atoms. The molecule has 19 heavy (non-hydrogen) atoms. The van der Waals surface area contributed by atoms with Crippen LogP contribution in [-0.4, -0.2) is 10.2 Å². The largest absolute Gasteiger partial charge is 0.508 e. The van der Waals surface area contributed by atoms with Gasteiger partial charge in [0.1, 0.15) is 11.5 Å². The fraction of sp³-hybridized carbons (Fsp3) is 0.0588. The van der Waals surface area contributed by atoms with Gasteiger partial charge in [0.2, 0.25) is 0 Å². The van der Waals surface area contributed by atoms with Crippen LogP contribution in [0.15, 0.2) is 85.0 Å². The zero-order valence-electron chi connectivity index (χ0n) is 10.7. The number of hydrogen-bond donors (Lipinski definition) is 2. The maximum atomic E-state index is 8.63. The van der Waals surface area contributed by atoms with Gasteiger partial charge >= 0.3 is 0 Å². The van der Waals surface area contributed by atoms with E-state index in [-0.39, 0.29) is 0 Å². The topological polar surface area (TPSA) is 40.5 Å². The van der Waals surface area contributed by atoms with Gasteiger partial charge in [-0.3, -0.25) is 0 Å². The molecule has 2 nitrogen and oxygen atoms in total. The molecule has 0 heterocycles. The predicted octanol–water partition coefficient (Wildman–Crippen LogP) is 4.29. The van der Waals surface area contributed by atoms with Crippen LogP contribution < -0.4 is 0 Å². The Morgan fingerprint density at radius 1 is 0.579 bits per heavy atom. The summed E-state index contributed by atoms with van der Waals surface area (Å²) in [6.45, 7) is 0. The number of para-hydroxylation sites is 2. The SMILES string of the molecule is C1=CCC=C1.Oc1ccccc1.Oc1ccccc1. The highest BCUT2D eigenvalue weighted by Crippen LogP contribution is 2.03. The molecule has 0 fully saturated rings. The molecule has 2 aromatic carbocycles. The molecule has 2 heteroatoms. The second-order valence-electron chi connectivity index (χ2n) is 3.76. The Kier molecular flexibility index (Phi) is 7.32. The first-order valence-corrected chi connectivity index (χ1v) is 6.09. The second-order valence-corrected chi connectivity index (χ2v) is 3.76. The Morgan fingerprint density at radius 3 is 1.11 bits per heavy atom. The molecule has 98 valence electrons. The molecule has 0 aliphatic heterocycles. The van der Waals surface area contributed by atoms with Crippen molar-refractivity contribution in [3.63, 3.8) is 0 Å². The summed E-state index contributed by atoms with van der Waals surface area (Å²) in [5, 5.41) is 17.3. The van der Waals surface area contributed by atoms with Crippen LogP contribution in [0.2, 0.25) is 0 Å². The van der Waals surface area contributed by atoms with Crippen LogP contribution in [0, 0.1) is 0 Å². The number of phenolic OH excluding ortho intramolecular Hbond substituents is 2. The van der Waals surface area contributed by atoms with Crippen molar-refractivity contribution in [1.82, 2.24) is 0 Å². The molecule has 1 aliphatic rings. The van der Waals surface area contributed by atoms with Crippen LogP contribution >= 0.6 is 0 Å². The highest BCUT2D eigenvalue weighted by atomic mass is 16.3. The van der Waals surface area contributed by atoms with Crippen LogP contribution in [0.5, 0.6) is 11.5 Å². The Labute approximate surface area is 114 Å². The lowest BCUT2D eigenvalue weighted by Crippen LogP contribution is -1.56. The second kappa shape index (κ2) is 9.54. The molecule has 0 radical (unpaired) electrons. The average Bonchev–Trinajstić information content (AvgIpc) is 3.00. The molecule has 3 rings (SSSR count). The van der Waals surface area contributed by atoms with E-state index in [1.807, 2.05) is 12.1 Å². The first kappa shape index (κ1) is 14.6. The maximum Gasteiger partial charge on any atom is 0.115 e. The lowest BCUT2D eigenvalue weighted by molar-refractivity contribution is 0.475. The smallest absolute Gasteiger partial charge is 0.115 e. The number of rotatable bonds is 0. The van der Waals surface area contributed by atoms with Crippen molar-refractivity contribution in [1.29, 1.82) is 0 Å². The summed E-state index contributed by atoms with van der Waals surface area (Å²) >= 11 is 0. The molecule has 1 aliphatic carbocycles. The Morgan fingerprint density at radius 2 is 0.947 bits per heavy atom. The summed E-state index contributed by atoms with van der Waals surface area (Å²) in [5.74, 6) is 0.644. The average molecular weight is 254 g/mol. The van der Waals surface area contributed by atoms with Crippen molar-refractivity contribution in [2.45, 2.75) is 6.42 Å². The third-order valence-corrected chi connectivity index (χ3v) is 2.17. The molecule has 0 aromatic heterocycles. The number of hydrogen-bond acceptors (Lipinski definition) is 2. The molecule has 2 N–H and O–H groups in total. The van der Waals surface area contributed by atoms with Gasteiger partial charge in [-0.15, -0.1) is 0 Å². The predicted molar refractivity (Wildman–Crippen MR) is 79.1 cm³/mol. The molecule has 0 spiro atoms. The standard InChI is InChI=1S/2C6H6O.C5H6/c2*7-6-4-2-1-3-5-6;1-2-4-5-3-1/h2*1-5,7H;1-4H,5H2. The zero-order valence-corrected chi connectivity index (χ0v) is 10.7. The zero-order chi connectivity index (χ0) is 13.8. The van der Waals surface area contributed by atoms with E-state index in [4.69, 9.17) is 10.2 Å². The van der Waals surface area contributed by atoms with Crippen LogP contribution in [-0.2, 0) is 0 Å². The van der Waals surface area contributed by atoms with E-state index < -0.39 is 0 Å². The normalized spacial score (nSPS) is 10.9. The van der Waals surface area contributed by atoms with Crippen molar-refractivity contribution in [2.75, 3.05) is 0 Å². The number of benzene rings is 2. The first-order chi connectivity index (χ1) is 9.29. The van der Waals surface area contributed by atoms with Crippen molar-refractivity contribution < 1.29 is 10.2 Å². The molecular formula is C17H18O2. The van der Waals surface area contributed by atoms with Gasteiger partial charge in [-0.1, -0.05) is 60.7 Å². The molecule has 0 unspecified atom stereocenters. The van der Waals surface area contributed by atoms with Gasteiger partial charge in [0.05, 0.1) is 0 Å². The summed E-state index contributed by atoms with van der Waals surface area (Å²) in [6, 6.07) is 17.4. The van der Waals surface area contributed by atoms with Crippen molar-refractivity contribution in [3.8, 4) is 11.5 Å². The van der Waals surface area contributed by atoms with Gasteiger partial charge in [0.25, 0.3) is 0 Å². The maximum absolute atomic E-state index is 8.63. The van der Waals surface area contributed by atoms with E-state index in [0.29, 0.717) is 11.5 Å². The minimum absolute atomic E-state index is 0.322. The van der Waals surface area contributed by atoms with Gasteiger partial charge in [0, 0.05) is 0 Å². The monoisotopic (exact) mass is 254 g/mol. The third kappa shape index (κ3) is 8.27. The number of aromatic hydroxyl groups is 2. The summed E-state index contributed by atoms with van der Waals surface area (Å²) in [7, 11) is 0. The fourth-order valence-corrected chi connectivity index (χ4v) is 1.25. The van der Waals surface area contributed by atoms with Crippen molar-refractivity contribution >= 4 is 0 Å².